The Morgan fingerprint density at radius 2 is 1.96 bits per heavy atom. The zero-order valence-electron chi connectivity index (χ0n) is 14.0. The normalized spacial score (nSPS) is 13.3. The predicted molar refractivity (Wildman–Crippen MR) is 100 cm³/mol. The van der Waals surface area contributed by atoms with E-state index in [1.54, 1.807) is 6.07 Å². The van der Waals surface area contributed by atoms with Gasteiger partial charge in [0.25, 0.3) is 0 Å². The summed E-state index contributed by atoms with van der Waals surface area (Å²) in [4.78, 5) is 27.3. The van der Waals surface area contributed by atoms with Gasteiger partial charge in [0.1, 0.15) is 12.3 Å². The Bertz CT molecular complexity index is 779. The first-order valence-corrected chi connectivity index (χ1v) is 9.21. The number of ether oxygens (including phenoxy) is 1. The van der Waals surface area contributed by atoms with Gasteiger partial charge in [-0.25, -0.2) is 0 Å². The standard InChI is InChI=1S/C19H20N2O3S/c1-2-11-24-16-9-5-3-7-14(16)20-18(22)12-21-15-8-4-6-10-17(15)25-13-19(21)23/h3-10H,2,11-13H2,1H3,(H,20,22). The number of fused-ring (bicyclic) bond motifs is 1. The zero-order chi connectivity index (χ0) is 17.6. The molecule has 6 heteroatoms. The third-order valence-corrected chi connectivity index (χ3v) is 4.78. The maximum absolute atomic E-state index is 12.5. The topological polar surface area (TPSA) is 58.6 Å². The van der Waals surface area contributed by atoms with Gasteiger partial charge in [0, 0.05) is 4.90 Å². The lowest BCUT2D eigenvalue weighted by Gasteiger charge is -2.28. The van der Waals surface area contributed by atoms with Gasteiger partial charge < -0.3 is 15.0 Å². The van der Waals surface area contributed by atoms with Crippen molar-refractivity contribution in [2.45, 2.75) is 18.2 Å². The molecule has 0 aliphatic carbocycles. The van der Waals surface area contributed by atoms with Crippen LogP contribution in [0.1, 0.15) is 13.3 Å². The predicted octanol–water partition coefficient (Wildman–Crippen LogP) is 3.55. The van der Waals surface area contributed by atoms with Crippen LogP contribution < -0.4 is 15.0 Å². The highest BCUT2D eigenvalue weighted by Crippen LogP contribution is 2.34. The summed E-state index contributed by atoms with van der Waals surface area (Å²) in [5, 5.41) is 2.85. The van der Waals surface area contributed by atoms with Crippen molar-refractivity contribution < 1.29 is 14.3 Å². The Morgan fingerprint density at radius 1 is 1.20 bits per heavy atom. The second-order valence-electron chi connectivity index (χ2n) is 5.63. The number of amides is 2. The van der Waals surface area contributed by atoms with Crippen molar-refractivity contribution in [3.05, 3.63) is 48.5 Å². The number of carbonyl (C=O) groups excluding carboxylic acids is 2. The summed E-state index contributed by atoms with van der Waals surface area (Å²) in [5.74, 6) is 0.677. The van der Waals surface area contributed by atoms with Gasteiger partial charge in [0.15, 0.2) is 0 Å². The Balaban J connectivity index is 1.72. The second kappa shape index (κ2) is 8.07. The fourth-order valence-corrected chi connectivity index (χ4v) is 3.50. The molecule has 0 saturated carbocycles. The van der Waals surface area contributed by atoms with Crippen LogP contribution in [0.25, 0.3) is 0 Å². The smallest absolute Gasteiger partial charge is 0.244 e. The minimum absolute atomic E-state index is 0.0154. The molecule has 3 rings (SSSR count). The van der Waals surface area contributed by atoms with Crippen molar-refractivity contribution in [1.82, 2.24) is 0 Å². The summed E-state index contributed by atoms with van der Waals surface area (Å²) >= 11 is 1.50. The van der Waals surface area contributed by atoms with E-state index < -0.39 is 0 Å². The molecule has 5 nitrogen and oxygen atoms in total. The quantitative estimate of drug-likeness (QED) is 0.860. The van der Waals surface area contributed by atoms with E-state index >= 15 is 0 Å². The highest BCUT2D eigenvalue weighted by Gasteiger charge is 2.26. The molecular formula is C19H20N2O3S. The summed E-state index contributed by atoms with van der Waals surface area (Å²) in [6.07, 6.45) is 0.888. The third kappa shape index (κ3) is 4.14. The van der Waals surface area contributed by atoms with Crippen LogP contribution in [0.4, 0.5) is 11.4 Å². The van der Waals surface area contributed by atoms with Crippen molar-refractivity contribution in [3.8, 4) is 5.75 Å². The molecule has 1 heterocycles. The molecule has 0 unspecified atom stereocenters. The summed E-state index contributed by atoms with van der Waals surface area (Å²) in [6, 6.07) is 15.0. The van der Waals surface area contributed by atoms with Crippen molar-refractivity contribution in [3.63, 3.8) is 0 Å². The minimum atomic E-state index is -0.248. The van der Waals surface area contributed by atoms with E-state index in [0.717, 1.165) is 17.0 Å². The number of carbonyl (C=O) groups is 2. The van der Waals surface area contributed by atoms with Crippen LogP contribution in [0.3, 0.4) is 0 Å². The summed E-state index contributed by atoms with van der Waals surface area (Å²) in [7, 11) is 0. The van der Waals surface area contributed by atoms with Crippen LogP contribution in [0.2, 0.25) is 0 Å². The Kier molecular flexibility index (Phi) is 5.60. The van der Waals surface area contributed by atoms with Crippen LogP contribution in [0.5, 0.6) is 5.75 Å². The molecule has 130 valence electrons. The molecule has 0 saturated heterocycles. The lowest BCUT2D eigenvalue weighted by molar-refractivity contribution is -0.120. The molecule has 1 aliphatic rings. The van der Waals surface area contributed by atoms with Crippen molar-refractivity contribution in [2.75, 3.05) is 29.1 Å². The Morgan fingerprint density at radius 3 is 2.80 bits per heavy atom. The van der Waals surface area contributed by atoms with Crippen molar-refractivity contribution in [2.24, 2.45) is 0 Å². The van der Waals surface area contributed by atoms with Gasteiger partial charge in [0.05, 0.1) is 23.7 Å². The first-order chi connectivity index (χ1) is 12.2. The summed E-state index contributed by atoms with van der Waals surface area (Å²) in [6.45, 7) is 2.60. The second-order valence-corrected chi connectivity index (χ2v) is 6.65. The molecule has 1 N–H and O–H groups in total. The van der Waals surface area contributed by atoms with E-state index in [1.807, 2.05) is 49.4 Å². The van der Waals surface area contributed by atoms with Gasteiger partial charge >= 0.3 is 0 Å². The van der Waals surface area contributed by atoms with E-state index in [1.165, 1.54) is 16.7 Å². The zero-order valence-corrected chi connectivity index (χ0v) is 14.8. The van der Waals surface area contributed by atoms with E-state index in [2.05, 4.69) is 5.32 Å². The first kappa shape index (κ1) is 17.4. The fraction of sp³-hybridized carbons (Fsp3) is 0.263. The highest BCUT2D eigenvalue weighted by atomic mass is 32.2. The SMILES string of the molecule is CCCOc1ccccc1NC(=O)CN1C(=O)CSc2ccccc21. The third-order valence-electron chi connectivity index (χ3n) is 3.73. The van der Waals surface area contributed by atoms with Gasteiger partial charge in [0.2, 0.25) is 11.8 Å². The van der Waals surface area contributed by atoms with Gasteiger partial charge in [-0.1, -0.05) is 31.2 Å². The molecule has 1 aliphatic heterocycles. The lowest BCUT2D eigenvalue weighted by Crippen LogP contribution is -2.41. The van der Waals surface area contributed by atoms with Gasteiger partial charge in [-0.05, 0) is 30.7 Å². The average Bonchev–Trinajstić information content (AvgIpc) is 2.63. The maximum Gasteiger partial charge on any atom is 0.244 e. The molecule has 2 aromatic carbocycles. The molecule has 0 atom stereocenters. The number of rotatable bonds is 6. The number of anilines is 2. The number of nitrogens with zero attached hydrogens (tertiary/aromatic N) is 1. The van der Waals surface area contributed by atoms with Crippen molar-refractivity contribution in [1.29, 1.82) is 0 Å². The maximum atomic E-state index is 12.5. The first-order valence-electron chi connectivity index (χ1n) is 8.23. The lowest BCUT2D eigenvalue weighted by atomic mass is 10.2. The number of hydrogen-bond acceptors (Lipinski definition) is 4. The van der Waals surface area contributed by atoms with Crippen LogP contribution in [0.15, 0.2) is 53.4 Å². The van der Waals surface area contributed by atoms with Crippen LogP contribution in [-0.4, -0.2) is 30.7 Å². The molecule has 0 fully saturated rings. The molecule has 2 aromatic rings. The largest absolute Gasteiger partial charge is 0.491 e. The van der Waals surface area contributed by atoms with E-state index in [-0.39, 0.29) is 18.4 Å². The molecule has 0 radical (unpaired) electrons. The van der Waals surface area contributed by atoms with Crippen molar-refractivity contribution >= 4 is 35.0 Å². The number of para-hydroxylation sites is 3. The van der Waals surface area contributed by atoms with Crippen LogP contribution in [0, 0.1) is 0 Å². The monoisotopic (exact) mass is 356 g/mol. The molecular weight excluding hydrogens is 336 g/mol. The summed E-state index contributed by atoms with van der Waals surface area (Å²) in [5.41, 5.74) is 1.41. The Labute approximate surface area is 151 Å². The number of hydrogen-bond donors (Lipinski definition) is 1. The number of nitrogens with one attached hydrogen (secondary N) is 1. The fourth-order valence-electron chi connectivity index (χ4n) is 2.57. The average molecular weight is 356 g/mol. The molecule has 0 spiro atoms. The molecule has 2 amide bonds. The number of thioether (sulfide) groups is 1. The van der Waals surface area contributed by atoms with Gasteiger partial charge in [-0.2, -0.15) is 0 Å². The van der Waals surface area contributed by atoms with Gasteiger partial charge in [-0.3, -0.25) is 9.59 Å². The molecule has 0 bridgehead atoms. The molecule has 25 heavy (non-hydrogen) atoms. The van der Waals surface area contributed by atoms with E-state index in [9.17, 15) is 9.59 Å². The van der Waals surface area contributed by atoms with E-state index in [0.29, 0.717) is 23.8 Å². The Hall–Kier alpha value is -2.47. The van der Waals surface area contributed by atoms with E-state index in [4.69, 9.17) is 4.74 Å². The van der Waals surface area contributed by atoms with Crippen LogP contribution >= 0.6 is 11.8 Å². The molecule has 0 aromatic heterocycles. The minimum Gasteiger partial charge on any atom is -0.491 e. The van der Waals surface area contributed by atoms with Crippen LogP contribution in [-0.2, 0) is 9.59 Å². The highest BCUT2D eigenvalue weighted by molar-refractivity contribution is 8.00. The summed E-state index contributed by atoms with van der Waals surface area (Å²) < 4.78 is 5.66. The van der Waals surface area contributed by atoms with Gasteiger partial charge in [-0.15, -0.1) is 11.8 Å². The number of benzene rings is 2.